The molecule has 0 amide bonds. The zero-order chi connectivity index (χ0) is 14.5. The van der Waals surface area contributed by atoms with E-state index in [4.69, 9.17) is 5.84 Å². The lowest BCUT2D eigenvalue weighted by atomic mass is 10.1. The van der Waals surface area contributed by atoms with E-state index in [1.807, 2.05) is 0 Å². The van der Waals surface area contributed by atoms with Gasteiger partial charge in [-0.2, -0.15) is 24.7 Å². The van der Waals surface area contributed by atoms with Crippen LogP contribution in [0.5, 0.6) is 0 Å². The number of hydrazine groups is 1. The lowest BCUT2D eigenvalue weighted by Crippen LogP contribution is -2.21. The minimum absolute atomic E-state index is 0.242. The van der Waals surface area contributed by atoms with Crippen LogP contribution >= 0.6 is 0 Å². The highest BCUT2D eigenvalue weighted by Crippen LogP contribution is 2.12. The van der Waals surface area contributed by atoms with Crippen molar-refractivity contribution in [3.8, 4) is 5.95 Å². The molecule has 1 unspecified atom stereocenters. The zero-order valence-electron chi connectivity index (χ0n) is 11.8. The van der Waals surface area contributed by atoms with Gasteiger partial charge in [0.2, 0.25) is 11.9 Å². The molecule has 0 aliphatic rings. The number of nitrogens with two attached hydrogens (primary N) is 1. The second-order valence-corrected chi connectivity index (χ2v) is 4.94. The Morgan fingerprint density at radius 1 is 1.20 bits per heavy atom. The van der Waals surface area contributed by atoms with Crippen molar-refractivity contribution in [2.45, 2.75) is 33.2 Å². The van der Waals surface area contributed by atoms with Gasteiger partial charge in [0.15, 0.2) is 0 Å². The third-order valence-electron chi connectivity index (χ3n) is 2.58. The van der Waals surface area contributed by atoms with Crippen molar-refractivity contribution >= 4 is 11.9 Å². The van der Waals surface area contributed by atoms with E-state index >= 15 is 0 Å². The molecule has 0 saturated carbocycles. The van der Waals surface area contributed by atoms with Crippen LogP contribution in [-0.2, 0) is 0 Å². The molecular weight excluding hydrogens is 258 g/mol. The van der Waals surface area contributed by atoms with E-state index in [9.17, 15) is 0 Å². The molecule has 20 heavy (non-hydrogen) atoms. The maximum absolute atomic E-state index is 5.38. The first-order chi connectivity index (χ1) is 9.58. The Hall–Kier alpha value is -2.29. The molecule has 2 rings (SSSR count). The number of anilines is 2. The van der Waals surface area contributed by atoms with E-state index in [0.717, 1.165) is 6.42 Å². The van der Waals surface area contributed by atoms with Crippen molar-refractivity contribution in [2.24, 2.45) is 11.8 Å². The smallest absolute Gasteiger partial charge is 0.258 e. The van der Waals surface area contributed by atoms with E-state index in [2.05, 4.69) is 56.5 Å². The Morgan fingerprint density at radius 3 is 2.55 bits per heavy atom. The predicted octanol–water partition coefficient (Wildman–Crippen LogP) is 0.584. The summed E-state index contributed by atoms with van der Waals surface area (Å²) in [5.41, 5.74) is 2.42. The topological polar surface area (TPSA) is 119 Å². The molecule has 0 aliphatic carbocycles. The molecule has 0 saturated heterocycles. The molecule has 108 valence electrons. The van der Waals surface area contributed by atoms with Crippen LogP contribution in [0.15, 0.2) is 12.7 Å². The number of nitrogens with zero attached hydrogens (tertiary/aromatic N) is 6. The van der Waals surface area contributed by atoms with Gasteiger partial charge in [-0.3, -0.25) is 5.43 Å². The summed E-state index contributed by atoms with van der Waals surface area (Å²) in [5.74, 6) is 7.03. The lowest BCUT2D eigenvalue weighted by Gasteiger charge is -2.16. The summed E-state index contributed by atoms with van der Waals surface area (Å²) in [7, 11) is 0. The van der Waals surface area contributed by atoms with Crippen molar-refractivity contribution < 1.29 is 0 Å². The number of aromatic nitrogens is 6. The van der Waals surface area contributed by atoms with Crippen LogP contribution in [0.4, 0.5) is 11.9 Å². The summed E-state index contributed by atoms with van der Waals surface area (Å²) in [6.07, 6.45) is 3.93. The van der Waals surface area contributed by atoms with E-state index in [1.54, 1.807) is 0 Å². The largest absolute Gasteiger partial charge is 0.352 e. The van der Waals surface area contributed by atoms with E-state index in [-0.39, 0.29) is 12.0 Å². The maximum Gasteiger partial charge on any atom is 0.258 e. The molecule has 2 heterocycles. The summed E-state index contributed by atoms with van der Waals surface area (Å²) >= 11 is 0. The van der Waals surface area contributed by atoms with Crippen molar-refractivity contribution in [1.29, 1.82) is 0 Å². The average molecular weight is 277 g/mol. The molecule has 0 aromatic carbocycles. The van der Waals surface area contributed by atoms with Gasteiger partial charge in [-0.1, -0.05) is 13.8 Å². The number of nitrogen functional groups attached to an aromatic ring is 1. The molecule has 0 radical (unpaired) electrons. The van der Waals surface area contributed by atoms with Gasteiger partial charge in [0.1, 0.15) is 12.7 Å². The van der Waals surface area contributed by atoms with Crippen molar-refractivity contribution in [2.75, 3.05) is 10.7 Å². The molecule has 2 aromatic heterocycles. The Kier molecular flexibility index (Phi) is 4.41. The number of hydrogen-bond donors (Lipinski definition) is 3. The van der Waals surface area contributed by atoms with Crippen LogP contribution in [0.3, 0.4) is 0 Å². The molecule has 0 fully saturated rings. The zero-order valence-corrected chi connectivity index (χ0v) is 11.8. The third-order valence-corrected chi connectivity index (χ3v) is 2.58. The van der Waals surface area contributed by atoms with Crippen molar-refractivity contribution in [3.05, 3.63) is 12.7 Å². The number of nitrogens with one attached hydrogen (secondary N) is 2. The molecule has 0 aliphatic heterocycles. The second kappa shape index (κ2) is 6.24. The summed E-state index contributed by atoms with van der Waals surface area (Å²) in [6, 6.07) is 0.242. The van der Waals surface area contributed by atoms with E-state index in [1.165, 1.54) is 17.3 Å². The van der Waals surface area contributed by atoms with Gasteiger partial charge in [-0.05, 0) is 19.3 Å². The van der Waals surface area contributed by atoms with Crippen molar-refractivity contribution in [3.63, 3.8) is 0 Å². The average Bonchev–Trinajstić information content (AvgIpc) is 2.91. The molecule has 0 spiro atoms. The summed E-state index contributed by atoms with van der Waals surface area (Å²) in [4.78, 5) is 16.5. The Balaban J connectivity index is 2.22. The molecule has 2 aromatic rings. The Morgan fingerprint density at radius 2 is 1.95 bits per heavy atom. The number of rotatable bonds is 6. The van der Waals surface area contributed by atoms with Crippen LogP contribution in [0.1, 0.15) is 27.2 Å². The molecule has 9 heteroatoms. The predicted molar refractivity (Wildman–Crippen MR) is 75.1 cm³/mol. The molecule has 9 nitrogen and oxygen atoms in total. The fourth-order valence-corrected chi connectivity index (χ4v) is 1.89. The minimum Gasteiger partial charge on any atom is -0.352 e. The van der Waals surface area contributed by atoms with Gasteiger partial charge in [0, 0.05) is 6.04 Å². The van der Waals surface area contributed by atoms with Gasteiger partial charge < -0.3 is 5.32 Å². The summed E-state index contributed by atoms with van der Waals surface area (Å²) < 4.78 is 1.45. The quantitative estimate of drug-likeness (QED) is 0.518. The lowest BCUT2D eigenvalue weighted by molar-refractivity contribution is 0.537. The van der Waals surface area contributed by atoms with E-state index in [0.29, 0.717) is 17.8 Å². The first-order valence-corrected chi connectivity index (χ1v) is 6.42. The van der Waals surface area contributed by atoms with Gasteiger partial charge in [-0.15, -0.1) is 0 Å². The molecular formula is C11H19N9. The summed E-state index contributed by atoms with van der Waals surface area (Å²) in [6.45, 7) is 6.41. The van der Waals surface area contributed by atoms with Gasteiger partial charge in [-0.25, -0.2) is 10.8 Å². The fraction of sp³-hybridized carbons (Fsp3) is 0.545. The minimum atomic E-state index is 0.242. The second-order valence-electron chi connectivity index (χ2n) is 4.94. The summed E-state index contributed by atoms with van der Waals surface area (Å²) in [5, 5.41) is 7.22. The van der Waals surface area contributed by atoms with Crippen LogP contribution in [0, 0.1) is 5.92 Å². The number of hydrogen-bond acceptors (Lipinski definition) is 8. The maximum atomic E-state index is 5.38. The molecule has 1 atom stereocenters. The first kappa shape index (κ1) is 14.1. The van der Waals surface area contributed by atoms with Crippen molar-refractivity contribution in [1.82, 2.24) is 29.7 Å². The highest BCUT2D eigenvalue weighted by Gasteiger charge is 2.11. The van der Waals surface area contributed by atoms with Gasteiger partial charge >= 0.3 is 0 Å². The first-order valence-electron chi connectivity index (χ1n) is 6.42. The Bertz CT molecular complexity index is 537. The standard InChI is InChI=1S/C11H19N9/c1-7(2)4-8(3)15-9-16-10(19-12)18-11(17-9)20-6-13-5-14-20/h5-8H,4,12H2,1-3H3,(H2,15,16,17,18,19). The fourth-order valence-electron chi connectivity index (χ4n) is 1.89. The monoisotopic (exact) mass is 277 g/mol. The SMILES string of the molecule is CC(C)CC(C)Nc1nc(NN)nc(-n2cncn2)n1. The Labute approximate surface area is 117 Å². The van der Waals surface area contributed by atoms with Gasteiger partial charge in [0.05, 0.1) is 0 Å². The molecule has 0 bridgehead atoms. The van der Waals surface area contributed by atoms with Crippen LogP contribution in [0.2, 0.25) is 0 Å². The van der Waals surface area contributed by atoms with Crippen LogP contribution in [-0.4, -0.2) is 35.8 Å². The normalized spacial score (nSPS) is 12.4. The van der Waals surface area contributed by atoms with Crippen LogP contribution < -0.4 is 16.6 Å². The van der Waals surface area contributed by atoms with Crippen LogP contribution in [0.25, 0.3) is 5.95 Å². The molecule has 4 N–H and O–H groups in total. The highest BCUT2D eigenvalue weighted by molar-refractivity contribution is 5.37. The van der Waals surface area contributed by atoms with Gasteiger partial charge in [0.25, 0.3) is 5.95 Å². The third kappa shape index (κ3) is 3.60. The highest BCUT2D eigenvalue weighted by atomic mass is 15.4. The van der Waals surface area contributed by atoms with E-state index < -0.39 is 0 Å².